The first-order valence-electron chi connectivity index (χ1n) is 10.7. The second-order valence-corrected chi connectivity index (χ2v) is 8.28. The number of fused-ring (bicyclic) bond motifs is 1. The lowest BCUT2D eigenvalue weighted by Crippen LogP contribution is -2.45. The first kappa shape index (κ1) is 24.1. The molecule has 35 heavy (non-hydrogen) atoms. The maximum absolute atomic E-state index is 12.7. The van der Waals surface area contributed by atoms with Crippen molar-refractivity contribution in [1.82, 2.24) is 24.7 Å². The van der Waals surface area contributed by atoms with Crippen LogP contribution in [0.5, 0.6) is 0 Å². The van der Waals surface area contributed by atoms with Crippen molar-refractivity contribution in [2.75, 3.05) is 22.2 Å². The van der Waals surface area contributed by atoms with Gasteiger partial charge in [0.2, 0.25) is 17.8 Å². The zero-order valence-electron chi connectivity index (χ0n) is 19.5. The molecule has 0 aromatic carbocycles. The summed E-state index contributed by atoms with van der Waals surface area (Å²) >= 11 is 0. The molecule has 0 radical (unpaired) electrons. The molecule has 184 valence electrons. The van der Waals surface area contributed by atoms with E-state index in [0.29, 0.717) is 28.3 Å². The Balaban J connectivity index is 1.54. The summed E-state index contributed by atoms with van der Waals surface area (Å²) in [4.78, 5) is 40.2. The number of halogens is 3. The second kappa shape index (κ2) is 8.96. The molecule has 0 unspecified atom stereocenters. The Labute approximate surface area is 198 Å². The van der Waals surface area contributed by atoms with Gasteiger partial charge < -0.3 is 10.2 Å². The molecule has 0 aliphatic carbocycles. The van der Waals surface area contributed by atoms with Crippen molar-refractivity contribution in [2.45, 2.75) is 46.1 Å². The van der Waals surface area contributed by atoms with Gasteiger partial charge in [-0.25, -0.2) is 4.98 Å². The zero-order valence-corrected chi connectivity index (χ0v) is 19.5. The Bertz CT molecular complexity index is 1270. The first-order chi connectivity index (χ1) is 16.4. The molecular formula is C22H23F3N8O2. The number of carbonyl (C=O) groups excluding carboxylic acids is 2. The number of carbonyl (C=O) groups is 2. The summed E-state index contributed by atoms with van der Waals surface area (Å²) in [6, 6.07) is 1.83. The summed E-state index contributed by atoms with van der Waals surface area (Å²) in [7, 11) is 1.75. The highest BCUT2D eigenvalue weighted by atomic mass is 19.4. The van der Waals surface area contributed by atoms with E-state index < -0.39 is 17.9 Å². The van der Waals surface area contributed by atoms with Crippen LogP contribution in [0, 0.1) is 6.92 Å². The normalized spacial score (nSPS) is 15.6. The molecule has 1 aliphatic heterocycles. The van der Waals surface area contributed by atoms with Crippen molar-refractivity contribution in [1.29, 1.82) is 0 Å². The van der Waals surface area contributed by atoms with E-state index in [-0.39, 0.29) is 30.9 Å². The van der Waals surface area contributed by atoms with Crippen molar-refractivity contribution < 1.29 is 22.8 Å². The van der Waals surface area contributed by atoms with Crippen molar-refractivity contribution in [3.05, 3.63) is 53.2 Å². The van der Waals surface area contributed by atoms with Gasteiger partial charge in [-0.3, -0.25) is 24.2 Å². The topological polar surface area (TPSA) is 109 Å². The lowest BCUT2D eigenvalue weighted by atomic mass is 10.2. The molecule has 0 bridgehead atoms. The van der Waals surface area contributed by atoms with Gasteiger partial charge in [-0.2, -0.15) is 23.3 Å². The van der Waals surface area contributed by atoms with Crippen LogP contribution in [-0.2, 0) is 28.9 Å². The van der Waals surface area contributed by atoms with Crippen molar-refractivity contribution in [3.63, 3.8) is 0 Å². The number of hydrogen-bond acceptors (Lipinski definition) is 7. The largest absolute Gasteiger partial charge is 0.433 e. The minimum Gasteiger partial charge on any atom is -0.346 e. The average Bonchev–Trinajstić information content (AvgIpc) is 3.23. The number of aromatic nitrogens is 5. The molecule has 2 amide bonds. The number of nitrogens with one attached hydrogen (secondary N) is 1. The van der Waals surface area contributed by atoms with Gasteiger partial charge in [0.15, 0.2) is 5.82 Å². The number of alkyl halides is 3. The molecule has 0 saturated carbocycles. The van der Waals surface area contributed by atoms with Gasteiger partial charge in [0, 0.05) is 31.9 Å². The molecule has 1 atom stereocenters. The summed E-state index contributed by atoms with van der Waals surface area (Å²) in [5, 5.41) is 7.04. The van der Waals surface area contributed by atoms with Gasteiger partial charge in [-0.1, -0.05) is 6.07 Å². The van der Waals surface area contributed by atoms with E-state index in [1.807, 2.05) is 0 Å². The maximum atomic E-state index is 12.7. The van der Waals surface area contributed by atoms with Gasteiger partial charge in [-0.15, -0.1) is 0 Å². The number of aryl methyl sites for hydroxylation is 1. The van der Waals surface area contributed by atoms with Gasteiger partial charge in [-0.05, 0) is 25.5 Å². The Morgan fingerprint density at radius 2 is 1.94 bits per heavy atom. The third-order valence-electron chi connectivity index (χ3n) is 5.71. The third kappa shape index (κ3) is 4.93. The van der Waals surface area contributed by atoms with Gasteiger partial charge in [0.05, 0.1) is 25.0 Å². The quantitative estimate of drug-likeness (QED) is 0.588. The number of hydrogen-bond donors (Lipinski definition) is 1. The van der Waals surface area contributed by atoms with Gasteiger partial charge >= 0.3 is 6.18 Å². The molecule has 1 aliphatic rings. The molecule has 3 aromatic heterocycles. The maximum Gasteiger partial charge on any atom is 0.433 e. The van der Waals surface area contributed by atoms with Gasteiger partial charge in [0.1, 0.15) is 17.4 Å². The molecular weight excluding hydrogens is 465 g/mol. The highest BCUT2D eigenvalue weighted by Crippen LogP contribution is 2.33. The third-order valence-corrected chi connectivity index (χ3v) is 5.71. The van der Waals surface area contributed by atoms with E-state index in [1.54, 1.807) is 42.9 Å². The Kier molecular flexibility index (Phi) is 6.17. The van der Waals surface area contributed by atoms with E-state index in [0.717, 1.165) is 12.3 Å². The summed E-state index contributed by atoms with van der Waals surface area (Å²) in [6.07, 6.45) is -0.0877. The molecule has 4 rings (SSSR count). The summed E-state index contributed by atoms with van der Waals surface area (Å²) in [5.74, 6) is 0.234. The molecule has 13 heteroatoms. The van der Waals surface area contributed by atoms with Crippen molar-refractivity contribution >= 4 is 29.3 Å². The van der Waals surface area contributed by atoms with Crippen LogP contribution in [-0.4, -0.2) is 49.6 Å². The Morgan fingerprint density at radius 3 is 2.57 bits per heavy atom. The molecule has 0 saturated heterocycles. The van der Waals surface area contributed by atoms with E-state index in [1.165, 1.54) is 17.9 Å². The summed E-state index contributed by atoms with van der Waals surface area (Å²) < 4.78 is 39.7. The Morgan fingerprint density at radius 1 is 1.20 bits per heavy atom. The van der Waals surface area contributed by atoms with Crippen LogP contribution in [0.25, 0.3) is 0 Å². The minimum atomic E-state index is -4.50. The Hall–Kier alpha value is -4.03. The van der Waals surface area contributed by atoms with Crippen LogP contribution >= 0.6 is 0 Å². The fourth-order valence-corrected chi connectivity index (χ4v) is 3.61. The van der Waals surface area contributed by atoms with E-state index in [4.69, 9.17) is 0 Å². The molecule has 3 aromatic rings. The summed E-state index contributed by atoms with van der Waals surface area (Å²) in [5.41, 5.74) is 1.28. The number of likely N-dealkylation sites (N-methyl/N-ethyl adjacent to an activating group) is 1. The molecule has 4 heterocycles. The predicted molar refractivity (Wildman–Crippen MR) is 121 cm³/mol. The molecule has 10 nitrogen and oxygen atoms in total. The van der Waals surface area contributed by atoms with Crippen LogP contribution < -0.4 is 15.1 Å². The van der Waals surface area contributed by atoms with Crippen molar-refractivity contribution in [2.24, 2.45) is 0 Å². The van der Waals surface area contributed by atoms with Crippen LogP contribution in [0.15, 0.2) is 30.7 Å². The molecule has 0 spiro atoms. The average molecular weight is 488 g/mol. The lowest BCUT2D eigenvalue weighted by Gasteiger charge is -2.33. The monoisotopic (exact) mass is 488 g/mol. The van der Waals surface area contributed by atoms with E-state index in [9.17, 15) is 22.8 Å². The lowest BCUT2D eigenvalue weighted by molar-refractivity contribution is -0.141. The van der Waals surface area contributed by atoms with Gasteiger partial charge in [0.25, 0.3) is 0 Å². The van der Waals surface area contributed by atoms with E-state index in [2.05, 4.69) is 25.4 Å². The van der Waals surface area contributed by atoms with Crippen molar-refractivity contribution in [3.8, 4) is 0 Å². The minimum absolute atomic E-state index is 0.129. The highest BCUT2D eigenvalue weighted by molar-refractivity contribution is 6.03. The highest BCUT2D eigenvalue weighted by Gasteiger charge is 2.32. The van der Waals surface area contributed by atoms with Crippen LogP contribution in [0.2, 0.25) is 0 Å². The van der Waals surface area contributed by atoms with Crippen LogP contribution in [0.1, 0.15) is 36.4 Å². The second-order valence-electron chi connectivity index (χ2n) is 8.28. The number of amides is 2. The number of anilines is 3. The zero-order chi connectivity index (χ0) is 25.5. The first-order valence-corrected chi connectivity index (χ1v) is 10.7. The number of rotatable bonds is 5. The van der Waals surface area contributed by atoms with Crippen LogP contribution in [0.4, 0.5) is 30.6 Å². The predicted octanol–water partition coefficient (Wildman–Crippen LogP) is 2.77. The van der Waals surface area contributed by atoms with Crippen LogP contribution in [0.3, 0.4) is 0 Å². The fourth-order valence-electron chi connectivity index (χ4n) is 3.61. The molecule has 0 fully saturated rings. The fraction of sp³-hybridized carbons (Fsp3) is 0.364. The number of pyridine rings is 1. The smallest absolute Gasteiger partial charge is 0.346 e. The summed E-state index contributed by atoms with van der Waals surface area (Å²) in [6.45, 7) is 5.21. The standard InChI is InChI=1S/C22H23F3N8O2/c1-12-18-19(31(4)13(2)20(35)29-18)30-21(28-12)33(14(3)34)11-16-8-27-32(10-16)9-15-5-6-17(26-7-15)22(23,24)25/h5-8,10,13H,9,11H2,1-4H3,(H,29,35)/t13-/m0/s1. The SMILES string of the molecule is CC(=O)N(Cc1cnn(Cc2ccc(C(F)(F)F)nc2)c1)c1nc(C)c2c(n1)N(C)[C@@H](C)C(=O)N2. The van der Waals surface area contributed by atoms with E-state index >= 15 is 0 Å². The molecule has 1 N–H and O–H groups in total. The number of nitrogens with zero attached hydrogens (tertiary/aromatic N) is 7.